The first-order valence-electron chi connectivity index (χ1n) is 9.70. The smallest absolute Gasteiger partial charge is 0.416 e. The van der Waals surface area contributed by atoms with Crippen molar-refractivity contribution < 1.29 is 22.6 Å². The van der Waals surface area contributed by atoms with E-state index in [-0.39, 0.29) is 18.6 Å². The molecule has 2 aliphatic rings. The van der Waals surface area contributed by atoms with E-state index in [2.05, 4.69) is 22.4 Å². The van der Waals surface area contributed by atoms with Crippen LogP contribution in [0.3, 0.4) is 0 Å². The van der Waals surface area contributed by atoms with Gasteiger partial charge in [-0.05, 0) is 58.5 Å². The molecule has 0 aromatic heterocycles. The summed E-state index contributed by atoms with van der Waals surface area (Å²) in [7, 11) is 2.06. The summed E-state index contributed by atoms with van der Waals surface area (Å²) in [6.45, 7) is 5.79. The van der Waals surface area contributed by atoms with Crippen molar-refractivity contribution in [2.24, 2.45) is 4.99 Å². The average Bonchev–Trinajstić information content (AvgIpc) is 2.67. The lowest BCUT2D eigenvalue weighted by molar-refractivity contribution is -0.137. The molecule has 0 spiro atoms. The maximum absolute atomic E-state index is 13.3. The molecule has 1 saturated heterocycles. The van der Waals surface area contributed by atoms with Gasteiger partial charge in [-0.15, -0.1) is 0 Å². The number of allylic oxidation sites excluding steroid dienone is 1. The number of hydrazine groups is 1. The van der Waals surface area contributed by atoms with Crippen molar-refractivity contribution in [2.45, 2.75) is 38.9 Å². The van der Waals surface area contributed by atoms with Crippen LogP contribution in [0.2, 0.25) is 0 Å². The van der Waals surface area contributed by atoms with Crippen molar-refractivity contribution in [1.29, 1.82) is 0 Å². The lowest BCUT2D eigenvalue weighted by Crippen LogP contribution is -2.52. The average molecular weight is 412 g/mol. The zero-order valence-corrected chi connectivity index (χ0v) is 16.9. The Morgan fingerprint density at radius 2 is 2.10 bits per heavy atom. The fourth-order valence-corrected chi connectivity index (χ4v) is 3.65. The molecule has 0 aliphatic carbocycles. The first-order chi connectivity index (χ1) is 13.8. The minimum absolute atomic E-state index is 0.121. The fraction of sp³-hybridized carbons (Fsp3) is 0.550. The summed E-state index contributed by atoms with van der Waals surface area (Å²) in [5.41, 5.74) is 4.39. The van der Waals surface area contributed by atoms with Crippen molar-refractivity contribution in [2.75, 3.05) is 33.5 Å². The first-order valence-corrected chi connectivity index (χ1v) is 9.70. The van der Waals surface area contributed by atoms with Crippen molar-refractivity contribution >= 4 is 12.0 Å². The molecule has 3 rings (SSSR count). The van der Waals surface area contributed by atoms with Crippen LogP contribution in [0.5, 0.6) is 5.75 Å². The Kier molecular flexibility index (Phi) is 6.69. The number of likely N-dealkylation sites (N-methyl/N-ethyl adjacent to an activating group) is 1. The second-order valence-corrected chi connectivity index (χ2v) is 7.21. The number of hydrogen-bond donors (Lipinski definition) is 1. The number of piperidine rings is 1. The summed E-state index contributed by atoms with van der Waals surface area (Å²) in [4.78, 5) is 6.58. The SMILES string of the molecule is CCOCOc1cc(C(F)(F)F)ccc1C1=C(C)N=CNN1[C@@H]1CCCN(C)C1. The Hall–Kier alpha value is -2.26. The lowest BCUT2D eigenvalue weighted by Gasteiger charge is -2.41. The number of hydrogen-bond acceptors (Lipinski definition) is 6. The van der Waals surface area contributed by atoms with Crippen molar-refractivity contribution in [3.63, 3.8) is 0 Å². The van der Waals surface area contributed by atoms with E-state index in [1.165, 1.54) is 6.07 Å². The zero-order chi connectivity index (χ0) is 21.0. The quantitative estimate of drug-likeness (QED) is 0.570. The normalized spacial score (nSPS) is 20.8. The molecule has 0 amide bonds. The molecule has 9 heteroatoms. The van der Waals surface area contributed by atoms with Gasteiger partial charge in [-0.25, -0.2) is 4.99 Å². The molecule has 0 saturated carbocycles. The molecule has 160 valence electrons. The van der Waals surface area contributed by atoms with Crippen LogP contribution in [0, 0.1) is 0 Å². The van der Waals surface area contributed by atoms with Crippen LogP contribution < -0.4 is 10.2 Å². The van der Waals surface area contributed by atoms with Crippen LogP contribution in [-0.4, -0.2) is 55.8 Å². The second kappa shape index (κ2) is 9.04. The van der Waals surface area contributed by atoms with E-state index in [0.717, 1.165) is 38.1 Å². The van der Waals surface area contributed by atoms with E-state index in [1.54, 1.807) is 13.3 Å². The molecule has 1 N–H and O–H groups in total. The highest BCUT2D eigenvalue weighted by Crippen LogP contribution is 2.38. The third-order valence-corrected chi connectivity index (χ3v) is 5.07. The van der Waals surface area contributed by atoms with Gasteiger partial charge < -0.3 is 14.4 Å². The van der Waals surface area contributed by atoms with Crippen molar-refractivity contribution in [3.8, 4) is 5.75 Å². The number of benzene rings is 1. The summed E-state index contributed by atoms with van der Waals surface area (Å²) >= 11 is 0. The maximum Gasteiger partial charge on any atom is 0.416 e. The summed E-state index contributed by atoms with van der Waals surface area (Å²) < 4.78 is 50.6. The molecule has 0 bridgehead atoms. The highest BCUT2D eigenvalue weighted by atomic mass is 19.4. The molecule has 1 aromatic carbocycles. The molecular weight excluding hydrogens is 385 g/mol. The van der Waals surface area contributed by atoms with Gasteiger partial charge >= 0.3 is 6.18 Å². The van der Waals surface area contributed by atoms with E-state index < -0.39 is 11.7 Å². The van der Waals surface area contributed by atoms with E-state index in [0.29, 0.717) is 23.6 Å². The van der Waals surface area contributed by atoms with Gasteiger partial charge in [0.15, 0.2) is 6.79 Å². The number of aliphatic imine (C=N–C) groups is 1. The molecule has 29 heavy (non-hydrogen) atoms. The van der Waals surface area contributed by atoms with E-state index in [1.807, 2.05) is 11.9 Å². The van der Waals surface area contributed by atoms with Gasteiger partial charge in [-0.3, -0.25) is 10.4 Å². The molecule has 0 unspecified atom stereocenters. The van der Waals surface area contributed by atoms with E-state index >= 15 is 0 Å². The van der Waals surface area contributed by atoms with Crippen molar-refractivity contribution in [3.05, 3.63) is 35.0 Å². The number of rotatable bonds is 6. The first kappa shape index (κ1) is 21.4. The predicted molar refractivity (Wildman–Crippen MR) is 105 cm³/mol. The molecule has 1 fully saturated rings. The van der Waals surface area contributed by atoms with Gasteiger partial charge in [0.1, 0.15) is 12.1 Å². The van der Waals surface area contributed by atoms with Gasteiger partial charge in [0.05, 0.1) is 23.0 Å². The molecule has 6 nitrogen and oxygen atoms in total. The van der Waals surface area contributed by atoms with E-state index in [4.69, 9.17) is 9.47 Å². The van der Waals surface area contributed by atoms with Crippen molar-refractivity contribution in [1.82, 2.24) is 15.3 Å². The molecular formula is C20H27F3N4O2. The van der Waals surface area contributed by atoms with Gasteiger partial charge in [0.25, 0.3) is 0 Å². The van der Waals surface area contributed by atoms with Crippen LogP contribution >= 0.6 is 0 Å². The minimum atomic E-state index is -4.46. The second-order valence-electron chi connectivity index (χ2n) is 7.21. The van der Waals surface area contributed by atoms with Crippen LogP contribution in [-0.2, 0) is 10.9 Å². The fourth-order valence-electron chi connectivity index (χ4n) is 3.65. The monoisotopic (exact) mass is 412 g/mol. The number of halogens is 3. The third kappa shape index (κ3) is 5.02. The number of nitrogens with zero attached hydrogens (tertiary/aromatic N) is 3. The highest BCUT2D eigenvalue weighted by molar-refractivity contribution is 5.77. The number of ether oxygens (including phenoxy) is 2. The Morgan fingerprint density at radius 1 is 1.31 bits per heavy atom. The number of nitrogens with one attached hydrogen (secondary N) is 1. The van der Waals surface area contributed by atoms with Crippen LogP contribution in [0.1, 0.15) is 37.8 Å². The Balaban J connectivity index is 2.01. The van der Waals surface area contributed by atoms with Crippen LogP contribution in [0.15, 0.2) is 28.9 Å². The lowest BCUT2D eigenvalue weighted by atomic mass is 10.0. The predicted octanol–water partition coefficient (Wildman–Crippen LogP) is 3.71. The Bertz CT molecular complexity index is 779. The zero-order valence-electron chi connectivity index (χ0n) is 16.9. The number of alkyl halides is 3. The van der Waals surface area contributed by atoms with Gasteiger partial charge in [-0.1, -0.05) is 0 Å². The maximum atomic E-state index is 13.3. The number of likely N-dealkylation sites (tertiary alicyclic amines) is 1. The summed E-state index contributed by atoms with van der Waals surface area (Å²) in [5, 5.41) is 1.99. The summed E-state index contributed by atoms with van der Waals surface area (Å²) in [5.74, 6) is 0.121. The van der Waals surface area contributed by atoms with Crippen LogP contribution in [0.4, 0.5) is 13.2 Å². The third-order valence-electron chi connectivity index (χ3n) is 5.07. The topological polar surface area (TPSA) is 49.3 Å². The summed E-state index contributed by atoms with van der Waals surface area (Å²) in [6, 6.07) is 3.71. The molecule has 2 aliphatic heterocycles. The standard InChI is InChI=1S/C20H27F3N4O2/c1-4-28-13-29-18-10-15(20(21,22)23)7-8-17(18)19-14(2)24-12-25-27(19)16-6-5-9-26(3)11-16/h7-8,10,12,16H,4-6,9,11,13H2,1-3H3,(H,24,25)/t16-/m1/s1. The largest absolute Gasteiger partial charge is 0.467 e. The Labute approximate surface area is 168 Å². The van der Waals surface area contributed by atoms with Crippen LogP contribution in [0.25, 0.3) is 5.70 Å². The molecule has 0 radical (unpaired) electrons. The van der Waals surface area contributed by atoms with E-state index in [9.17, 15) is 13.2 Å². The molecule has 2 heterocycles. The highest BCUT2D eigenvalue weighted by Gasteiger charge is 2.34. The summed E-state index contributed by atoms with van der Waals surface area (Å²) in [6.07, 6.45) is -0.833. The minimum Gasteiger partial charge on any atom is -0.467 e. The van der Waals surface area contributed by atoms with Gasteiger partial charge in [-0.2, -0.15) is 13.2 Å². The Morgan fingerprint density at radius 3 is 2.79 bits per heavy atom. The molecule has 1 atom stereocenters. The molecule has 1 aromatic rings. The van der Waals surface area contributed by atoms with Gasteiger partial charge in [0, 0.05) is 18.7 Å². The van der Waals surface area contributed by atoms with Gasteiger partial charge in [0.2, 0.25) is 0 Å².